The van der Waals surface area contributed by atoms with Crippen LogP contribution in [0.5, 0.6) is 5.75 Å². The number of fused-ring (bicyclic) bond motifs is 1. The average molecular weight is 340 g/mol. The molecular weight excluding hydrogens is 312 g/mol. The van der Waals surface area contributed by atoms with Crippen molar-refractivity contribution in [1.29, 1.82) is 0 Å². The maximum absolute atomic E-state index is 10.9. The van der Waals surface area contributed by atoms with Crippen LogP contribution in [0.2, 0.25) is 0 Å². The molecule has 1 aliphatic carbocycles. The van der Waals surface area contributed by atoms with Gasteiger partial charge in [0, 0.05) is 6.08 Å². The molecule has 25 heavy (non-hydrogen) atoms. The van der Waals surface area contributed by atoms with Gasteiger partial charge in [-0.1, -0.05) is 30.9 Å². The van der Waals surface area contributed by atoms with Crippen LogP contribution in [0.1, 0.15) is 50.2 Å². The summed E-state index contributed by atoms with van der Waals surface area (Å²) in [4.78, 5) is 10.9. The molecule has 3 nitrogen and oxygen atoms in total. The first-order valence-electron chi connectivity index (χ1n) is 9.11. The molecule has 0 radical (unpaired) electrons. The van der Waals surface area contributed by atoms with Crippen molar-refractivity contribution in [1.82, 2.24) is 0 Å². The van der Waals surface area contributed by atoms with Gasteiger partial charge in [0.1, 0.15) is 5.75 Å². The van der Waals surface area contributed by atoms with Crippen LogP contribution in [0.4, 0.5) is 0 Å². The Balaban J connectivity index is 1.66. The predicted octanol–water partition coefficient (Wildman–Crippen LogP) is 5.26. The fourth-order valence-corrected chi connectivity index (χ4v) is 2.91. The topological polar surface area (TPSA) is 35.5 Å². The number of benzene rings is 1. The van der Waals surface area contributed by atoms with Crippen molar-refractivity contribution in [3.8, 4) is 5.75 Å². The highest BCUT2D eigenvalue weighted by Gasteiger charge is 2.09. The van der Waals surface area contributed by atoms with Crippen LogP contribution < -0.4 is 4.74 Å². The van der Waals surface area contributed by atoms with Gasteiger partial charge in [-0.15, -0.1) is 0 Å². The second-order valence-electron chi connectivity index (χ2n) is 6.21. The Kier molecular flexibility index (Phi) is 8.03. The highest BCUT2D eigenvalue weighted by Crippen LogP contribution is 2.28. The molecule has 0 amide bonds. The van der Waals surface area contributed by atoms with Crippen LogP contribution in [0.25, 0.3) is 6.08 Å². The number of aryl methyl sites for hydroxylation is 1. The second kappa shape index (κ2) is 10.5. The number of carbonyl (C=O) groups is 1. The molecule has 0 saturated heterocycles. The normalized spacial score (nSPS) is 13.2. The fraction of sp³-hybridized carbons (Fsp3) is 0.409. The lowest BCUT2D eigenvalue weighted by Gasteiger charge is -2.16. The number of allylic oxidation sites excluding steroid dienone is 3. The van der Waals surface area contributed by atoms with E-state index in [1.807, 2.05) is 0 Å². The highest BCUT2D eigenvalue weighted by atomic mass is 16.5. The number of hydrogen-bond donors (Lipinski definition) is 0. The lowest BCUT2D eigenvalue weighted by Crippen LogP contribution is -2.03. The Morgan fingerprint density at radius 3 is 2.72 bits per heavy atom. The predicted molar refractivity (Wildman–Crippen MR) is 103 cm³/mol. The molecule has 0 N–H and O–H groups in total. The van der Waals surface area contributed by atoms with Crippen molar-refractivity contribution < 1.29 is 14.3 Å². The number of rotatable bonds is 10. The molecule has 2 rings (SSSR count). The quantitative estimate of drug-likeness (QED) is 0.331. The number of esters is 1. The molecule has 3 heteroatoms. The van der Waals surface area contributed by atoms with Gasteiger partial charge in [0.15, 0.2) is 0 Å². The minimum atomic E-state index is -0.344. The third kappa shape index (κ3) is 6.61. The first-order chi connectivity index (χ1) is 12.2. The summed E-state index contributed by atoms with van der Waals surface area (Å²) in [6.45, 7) is 6.63. The minimum absolute atomic E-state index is 0.344. The van der Waals surface area contributed by atoms with Crippen LogP contribution >= 0.6 is 0 Å². The van der Waals surface area contributed by atoms with Crippen molar-refractivity contribution >= 4 is 12.0 Å². The van der Waals surface area contributed by atoms with E-state index in [9.17, 15) is 4.79 Å². The summed E-state index contributed by atoms with van der Waals surface area (Å²) in [5.41, 5.74) is 4.07. The molecule has 0 aliphatic heterocycles. The Bertz CT molecular complexity index is 641. The van der Waals surface area contributed by atoms with E-state index in [1.165, 1.54) is 22.8 Å². The lowest BCUT2D eigenvalue weighted by atomic mass is 9.92. The number of ether oxygens (including phenoxy) is 2. The molecule has 0 saturated carbocycles. The van der Waals surface area contributed by atoms with Gasteiger partial charge < -0.3 is 9.47 Å². The number of unbranched alkanes of at least 4 members (excludes halogenated alkanes) is 3. The van der Waals surface area contributed by atoms with Crippen LogP contribution in [-0.4, -0.2) is 19.2 Å². The Hall–Kier alpha value is -2.29. The summed E-state index contributed by atoms with van der Waals surface area (Å²) >= 11 is 0. The molecule has 0 bridgehead atoms. The number of hydrogen-bond acceptors (Lipinski definition) is 3. The van der Waals surface area contributed by atoms with E-state index in [4.69, 9.17) is 9.47 Å². The van der Waals surface area contributed by atoms with Gasteiger partial charge in [-0.05, 0) is 74.3 Å². The highest BCUT2D eigenvalue weighted by molar-refractivity contribution is 5.81. The zero-order chi connectivity index (χ0) is 17.9. The average Bonchev–Trinajstić information content (AvgIpc) is 2.63. The Labute approximate surface area is 151 Å². The van der Waals surface area contributed by atoms with Gasteiger partial charge in [0.05, 0.1) is 13.2 Å². The summed E-state index contributed by atoms with van der Waals surface area (Å²) in [5.74, 6) is 0.616. The van der Waals surface area contributed by atoms with Crippen molar-refractivity contribution in [2.75, 3.05) is 13.2 Å². The van der Waals surface area contributed by atoms with Crippen molar-refractivity contribution in [3.05, 3.63) is 59.7 Å². The summed E-state index contributed by atoms with van der Waals surface area (Å²) in [7, 11) is 0. The Morgan fingerprint density at radius 2 is 1.96 bits per heavy atom. The molecule has 1 aromatic rings. The van der Waals surface area contributed by atoms with Crippen molar-refractivity contribution in [3.63, 3.8) is 0 Å². The summed E-state index contributed by atoms with van der Waals surface area (Å²) in [5, 5.41) is 0. The molecule has 0 atom stereocenters. The van der Waals surface area contributed by atoms with Crippen LogP contribution in [0.15, 0.2) is 48.6 Å². The Morgan fingerprint density at radius 1 is 1.16 bits per heavy atom. The SMILES string of the molecule is C=CC(=O)OCCCCCCOc1ccc2c(c1)CCC(/C=C/C)=C2. The monoisotopic (exact) mass is 340 g/mol. The minimum Gasteiger partial charge on any atom is -0.494 e. The van der Waals surface area contributed by atoms with Gasteiger partial charge in [-0.3, -0.25) is 0 Å². The molecule has 0 fully saturated rings. The van der Waals surface area contributed by atoms with Crippen molar-refractivity contribution in [2.45, 2.75) is 45.4 Å². The first-order valence-corrected chi connectivity index (χ1v) is 9.11. The zero-order valence-corrected chi connectivity index (χ0v) is 15.1. The molecule has 0 heterocycles. The third-order valence-electron chi connectivity index (χ3n) is 4.24. The summed E-state index contributed by atoms with van der Waals surface area (Å²) in [6, 6.07) is 6.39. The van der Waals surface area contributed by atoms with Crippen LogP contribution in [-0.2, 0) is 16.0 Å². The molecule has 1 aromatic carbocycles. The number of carbonyl (C=O) groups excluding carboxylic acids is 1. The molecule has 0 unspecified atom stereocenters. The molecule has 0 aromatic heterocycles. The van der Waals surface area contributed by atoms with Crippen LogP contribution in [0.3, 0.4) is 0 Å². The summed E-state index contributed by atoms with van der Waals surface area (Å²) in [6.07, 6.45) is 13.9. The first kappa shape index (κ1) is 19.0. The lowest BCUT2D eigenvalue weighted by molar-refractivity contribution is -0.137. The maximum atomic E-state index is 10.9. The van der Waals surface area contributed by atoms with Gasteiger partial charge in [-0.2, -0.15) is 0 Å². The zero-order valence-electron chi connectivity index (χ0n) is 15.1. The second-order valence-corrected chi connectivity index (χ2v) is 6.21. The van der Waals surface area contributed by atoms with E-state index in [-0.39, 0.29) is 5.97 Å². The van der Waals surface area contributed by atoms with E-state index in [2.05, 4.69) is 49.9 Å². The molecule has 134 valence electrons. The standard InChI is InChI=1S/C22H28O3/c1-3-9-18-10-11-20-17-21(13-12-19(20)16-18)24-14-7-5-6-8-15-25-22(23)4-2/h3-4,9,12-13,16-17H,2,5-8,10-11,14-15H2,1H3/b9-3+. The molecule has 0 spiro atoms. The molecule has 1 aliphatic rings. The van der Waals surface area contributed by atoms with E-state index in [1.54, 1.807) is 0 Å². The third-order valence-corrected chi connectivity index (χ3v) is 4.24. The van der Waals surface area contributed by atoms with Gasteiger partial charge in [-0.25, -0.2) is 4.79 Å². The van der Waals surface area contributed by atoms with E-state index in [0.29, 0.717) is 6.61 Å². The van der Waals surface area contributed by atoms with Gasteiger partial charge in [0.2, 0.25) is 0 Å². The van der Waals surface area contributed by atoms with E-state index in [0.717, 1.165) is 50.9 Å². The van der Waals surface area contributed by atoms with Crippen LogP contribution in [0, 0.1) is 0 Å². The summed E-state index contributed by atoms with van der Waals surface area (Å²) < 4.78 is 10.8. The largest absolute Gasteiger partial charge is 0.494 e. The van der Waals surface area contributed by atoms with Gasteiger partial charge in [0.25, 0.3) is 0 Å². The fourth-order valence-electron chi connectivity index (χ4n) is 2.91. The maximum Gasteiger partial charge on any atom is 0.330 e. The smallest absolute Gasteiger partial charge is 0.330 e. The van der Waals surface area contributed by atoms with Crippen molar-refractivity contribution in [2.24, 2.45) is 0 Å². The van der Waals surface area contributed by atoms with E-state index < -0.39 is 0 Å². The molecular formula is C22H28O3. The van der Waals surface area contributed by atoms with E-state index >= 15 is 0 Å². The van der Waals surface area contributed by atoms with Gasteiger partial charge >= 0.3 is 5.97 Å².